The van der Waals surface area contributed by atoms with Crippen molar-refractivity contribution in [1.82, 2.24) is 9.55 Å². The number of rotatable bonds is 7. The van der Waals surface area contributed by atoms with E-state index in [1.165, 1.54) is 11.8 Å². The van der Waals surface area contributed by atoms with Crippen molar-refractivity contribution >= 4 is 34.3 Å². The van der Waals surface area contributed by atoms with Gasteiger partial charge in [-0.1, -0.05) is 49.4 Å². The van der Waals surface area contributed by atoms with E-state index in [2.05, 4.69) is 23.3 Å². The van der Waals surface area contributed by atoms with Gasteiger partial charge >= 0.3 is 0 Å². The number of para-hydroxylation sites is 2. The van der Waals surface area contributed by atoms with Crippen molar-refractivity contribution in [1.29, 1.82) is 5.26 Å². The molecule has 1 amide bonds. The number of carbonyl (C=O) groups is 1. The molecule has 0 aliphatic carbocycles. The van der Waals surface area contributed by atoms with Crippen LogP contribution in [0.1, 0.15) is 25.3 Å². The Balaban J connectivity index is 1.82. The Labute approximate surface area is 167 Å². The van der Waals surface area contributed by atoms with Gasteiger partial charge in [0.1, 0.15) is 6.07 Å². The molecule has 0 saturated heterocycles. The molecule has 2 aromatic carbocycles. The first kappa shape index (κ1) is 19.6. The smallest absolute Gasteiger partial charge is 0.262 e. The summed E-state index contributed by atoms with van der Waals surface area (Å²) in [6.07, 6.45) is 1.81. The van der Waals surface area contributed by atoms with Crippen LogP contribution in [0.3, 0.4) is 0 Å². The lowest BCUT2D eigenvalue weighted by molar-refractivity contribution is -0.113. The molecule has 3 rings (SSSR count). The summed E-state index contributed by atoms with van der Waals surface area (Å²) in [6, 6.07) is 16.1. The van der Waals surface area contributed by atoms with Crippen LogP contribution in [0.15, 0.2) is 58.5 Å². The summed E-state index contributed by atoms with van der Waals surface area (Å²) in [5, 5.41) is 13.0. The number of fused-ring (bicyclic) bond motifs is 1. The molecule has 1 N–H and O–H groups in total. The van der Waals surface area contributed by atoms with E-state index in [0.717, 1.165) is 12.8 Å². The van der Waals surface area contributed by atoms with Gasteiger partial charge in [0.2, 0.25) is 5.91 Å². The molecule has 28 heavy (non-hydrogen) atoms. The quantitative estimate of drug-likeness (QED) is 0.488. The molecule has 1 aromatic heterocycles. The minimum absolute atomic E-state index is 0.0863. The van der Waals surface area contributed by atoms with E-state index in [1.54, 1.807) is 41.0 Å². The lowest BCUT2D eigenvalue weighted by Crippen LogP contribution is -2.24. The molecule has 142 valence electrons. The summed E-state index contributed by atoms with van der Waals surface area (Å²) < 4.78 is 1.65. The number of anilines is 1. The van der Waals surface area contributed by atoms with Gasteiger partial charge < -0.3 is 5.32 Å². The predicted octanol–water partition coefficient (Wildman–Crippen LogP) is 3.80. The third-order valence-corrected chi connectivity index (χ3v) is 5.19. The highest BCUT2D eigenvalue weighted by Crippen LogP contribution is 2.20. The normalized spacial score (nSPS) is 10.6. The van der Waals surface area contributed by atoms with Gasteiger partial charge in [0.25, 0.3) is 5.56 Å². The zero-order valence-electron chi connectivity index (χ0n) is 15.5. The van der Waals surface area contributed by atoms with Crippen LogP contribution in [0, 0.1) is 11.3 Å². The number of benzene rings is 2. The lowest BCUT2D eigenvalue weighted by atomic mass is 10.2. The number of unbranched alkanes of at least 4 members (excludes halogenated alkanes) is 1. The molecule has 1 heterocycles. The second-order valence-corrected chi connectivity index (χ2v) is 7.16. The highest BCUT2D eigenvalue weighted by molar-refractivity contribution is 7.99. The fourth-order valence-electron chi connectivity index (χ4n) is 2.78. The minimum Gasteiger partial charge on any atom is -0.324 e. The van der Waals surface area contributed by atoms with Crippen molar-refractivity contribution in [2.75, 3.05) is 11.1 Å². The maximum atomic E-state index is 12.8. The van der Waals surface area contributed by atoms with Crippen LogP contribution in [0.25, 0.3) is 10.9 Å². The molecule has 0 unspecified atom stereocenters. The van der Waals surface area contributed by atoms with E-state index in [4.69, 9.17) is 5.26 Å². The molecule has 0 spiro atoms. The first-order chi connectivity index (χ1) is 13.6. The number of hydrogen-bond donors (Lipinski definition) is 1. The molecule has 0 aliphatic heterocycles. The summed E-state index contributed by atoms with van der Waals surface area (Å²) >= 11 is 1.22. The Morgan fingerprint density at radius 3 is 2.75 bits per heavy atom. The van der Waals surface area contributed by atoms with Gasteiger partial charge in [-0.2, -0.15) is 5.26 Å². The lowest BCUT2D eigenvalue weighted by Gasteiger charge is -2.13. The van der Waals surface area contributed by atoms with Gasteiger partial charge in [0.05, 0.1) is 27.9 Å². The molecule has 0 atom stereocenters. The van der Waals surface area contributed by atoms with Crippen molar-refractivity contribution < 1.29 is 4.79 Å². The van der Waals surface area contributed by atoms with Crippen molar-refractivity contribution in [3.63, 3.8) is 0 Å². The minimum atomic E-state index is -0.253. The zero-order valence-corrected chi connectivity index (χ0v) is 16.3. The molecule has 0 saturated carbocycles. The molecule has 0 radical (unpaired) electrons. The Morgan fingerprint density at radius 1 is 1.21 bits per heavy atom. The molecule has 0 bridgehead atoms. The highest BCUT2D eigenvalue weighted by atomic mass is 32.2. The molecule has 3 aromatic rings. The number of carbonyl (C=O) groups excluding carboxylic acids is 1. The first-order valence-electron chi connectivity index (χ1n) is 9.05. The van der Waals surface area contributed by atoms with Crippen LogP contribution >= 0.6 is 11.8 Å². The average molecular weight is 392 g/mol. The molecule has 7 heteroatoms. The van der Waals surface area contributed by atoms with E-state index in [1.807, 2.05) is 12.1 Å². The Kier molecular flexibility index (Phi) is 6.45. The van der Waals surface area contributed by atoms with Gasteiger partial charge in [-0.25, -0.2) is 4.98 Å². The van der Waals surface area contributed by atoms with Crippen molar-refractivity contribution in [3.8, 4) is 6.07 Å². The summed E-state index contributed by atoms with van der Waals surface area (Å²) in [6.45, 7) is 2.63. The molecular formula is C21H20N4O2S. The highest BCUT2D eigenvalue weighted by Gasteiger charge is 2.13. The second kappa shape index (κ2) is 9.20. The predicted molar refractivity (Wildman–Crippen MR) is 111 cm³/mol. The van der Waals surface area contributed by atoms with E-state index >= 15 is 0 Å². The van der Waals surface area contributed by atoms with Crippen LogP contribution in [-0.4, -0.2) is 21.2 Å². The van der Waals surface area contributed by atoms with Crippen molar-refractivity contribution in [3.05, 3.63) is 64.4 Å². The van der Waals surface area contributed by atoms with Crippen LogP contribution in [0.2, 0.25) is 0 Å². The molecule has 0 fully saturated rings. The van der Waals surface area contributed by atoms with Crippen molar-refractivity contribution in [2.24, 2.45) is 0 Å². The van der Waals surface area contributed by atoms with Gasteiger partial charge in [-0.05, 0) is 30.7 Å². The maximum absolute atomic E-state index is 12.8. The summed E-state index contributed by atoms with van der Waals surface area (Å²) in [4.78, 5) is 29.8. The average Bonchev–Trinajstić information content (AvgIpc) is 2.72. The molecule has 6 nitrogen and oxygen atoms in total. The number of nitrogens with one attached hydrogen (secondary N) is 1. The van der Waals surface area contributed by atoms with Crippen LogP contribution in [0.4, 0.5) is 5.69 Å². The summed E-state index contributed by atoms with van der Waals surface area (Å²) in [7, 11) is 0. The van der Waals surface area contributed by atoms with Crippen molar-refractivity contribution in [2.45, 2.75) is 31.5 Å². The topological polar surface area (TPSA) is 87.8 Å². The fraction of sp³-hybridized carbons (Fsp3) is 0.238. The zero-order chi connectivity index (χ0) is 19.9. The van der Waals surface area contributed by atoms with Gasteiger partial charge in [0.15, 0.2) is 5.16 Å². The number of hydrogen-bond acceptors (Lipinski definition) is 5. The fourth-order valence-corrected chi connectivity index (χ4v) is 3.60. The third-order valence-electron chi connectivity index (χ3n) is 4.22. The SMILES string of the molecule is CCCCn1c(SCC(=O)Nc2ccccc2C#N)nc2ccccc2c1=O. The molecule has 0 aliphatic rings. The largest absolute Gasteiger partial charge is 0.324 e. The number of nitriles is 1. The van der Waals surface area contributed by atoms with Gasteiger partial charge in [-0.15, -0.1) is 0 Å². The van der Waals surface area contributed by atoms with Crippen LogP contribution in [0.5, 0.6) is 0 Å². The Morgan fingerprint density at radius 2 is 1.96 bits per heavy atom. The van der Waals surface area contributed by atoms with Gasteiger partial charge in [-0.3, -0.25) is 14.2 Å². The van der Waals surface area contributed by atoms with Crippen LogP contribution < -0.4 is 10.9 Å². The van der Waals surface area contributed by atoms with E-state index in [-0.39, 0.29) is 17.2 Å². The molecular weight excluding hydrogens is 372 g/mol. The maximum Gasteiger partial charge on any atom is 0.262 e. The second-order valence-electron chi connectivity index (χ2n) is 6.22. The monoisotopic (exact) mass is 392 g/mol. The summed E-state index contributed by atoms with van der Waals surface area (Å²) in [5.74, 6) is -0.159. The standard InChI is InChI=1S/C21H20N4O2S/c1-2-3-12-25-20(27)16-9-5-7-11-18(16)24-21(25)28-14-19(26)23-17-10-6-4-8-15(17)13-22/h4-11H,2-3,12,14H2,1H3,(H,23,26). The number of amides is 1. The Bertz CT molecular complexity index is 1100. The van der Waals surface area contributed by atoms with E-state index in [0.29, 0.717) is 33.9 Å². The van der Waals surface area contributed by atoms with Crippen LogP contribution in [-0.2, 0) is 11.3 Å². The Hall–Kier alpha value is -3.11. The number of thioether (sulfide) groups is 1. The van der Waals surface area contributed by atoms with Gasteiger partial charge in [0, 0.05) is 6.54 Å². The van der Waals surface area contributed by atoms with E-state index < -0.39 is 0 Å². The van der Waals surface area contributed by atoms with E-state index in [9.17, 15) is 9.59 Å². The number of nitrogens with zero attached hydrogens (tertiary/aromatic N) is 3. The summed E-state index contributed by atoms with van der Waals surface area (Å²) in [5.41, 5.74) is 1.42. The first-order valence-corrected chi connectivity index (χ1v) is 10.0. The number of aromatic nitrogens is 2. The third kappa shape index (κ3) is 4.41.